The van der Waals surface area contributed by atoms with E-state index in [4.69, 9.17) is 0 Å². The predicted octanol–water partition coefficient (Wildman–Crippen LogP) is 1.90. The summed E-state index contributed by atoms with van der Waals surface area (Å²) in [6, 6.07) is 8.78. The third-order valence-electron chi connectivity index (χ3n) is 4.13. The van der Waals surface area contributed by atoms with Gasteiger partial charge in [-0.3, -0.25) is 14.5 Å². The van der Waals surface area contributed by atoms with Crippen LogP contribution >= 0.6 is 11.3 Å². The summed E-state index contributed by atoms with van der Waals surface area (Å²) in [5, 5.41) is 14.9. The molecule has 1 amide bonds. The van der Waals surface area contributed by atoms with Gasteiger partial charge in [-0.25, -0.2) is 4.98 Å². The molecule has 1 saturated heterocycles. The van der Waals surface area contributed by atoms with Crippen LogP contribution in [0.25, 0.3) is 0 Å². The number of carboxylic acids is 1. The van der Waals surface area contributed by atoms with Crippen molar-refractivity contribution in [2.45, 2.75) is 24.9 Å². The lowest BCUT2D eigenvalue weighted by atomic mass is 10.1. The number of aromatic nitrogens is 1. The van der Waals surface area contributed by atoms with Gasteiger partial charge in [0.25, 0.3) is 0 Å². The number of aliphatic carboxylic acids is 1. The zero-order chi connectivity index (χ0) is 16.9. The molecule has 0 aliphatic carbocycles. The number of likely N-dealkylation sites (tertiary alicyclic amines) is 1. The number of carbonyl (C=O) groups is 2. The van der Waals surface area contributed by atoms with Gasteiger partial charge in [0.05, 0.1) is 6.54 Å². The second kappa shape index (κ2) is 7.55. The maximum absolute atomic E-state index is 12.5. The quantitative estimate of drug-likeness (QED) is 0.835. The molecule has 3 rings (SSSR count). The van der Waals surface area contributed by atoms with Gasteiger partial charge in [-0.1, -0.05) is 30.3 Å². The molecule has 2 aromatic rings. The van der Waals surface area contributed by atoms with Crippen LogP contribution in [0.2, 0.25) is 0 Å². The summed E-state index contributed by atoms with van der Waals surface area (Å²) in [6.07, 6.45) is 3.11. The molecule has 1 aliphatic rings. The largest absolute Gasteiger partial charge is 0.480 e. The highest BCUT2D eigenvalue weighted by Crippen LogP contribution is 2.24. The van der Waals surface area contributed by atoms with E-state index in [9.17, 15) is 14.7 Å². The van der Waals surface area contributed by atoms with E-state index in [0.717, 1.165) is 17.0 Å². The number of carbonyl (C=O) groups excluding carboxylic acids is 1. The van der Waals surface area contributed by atoms with Gasteiger partial charge in [0.1, 0.15) is 17.1 Å². The van der Waals surface area contributed by atoms with Gasteiger partial charge < -0.3 is 10.4 Å². The first-order valence-corrected chi connectivity index (χ1v) is 8.73. The smallest absolute Gasteiger partial charge is 0.320 e. The number of amides is 1. The Hall–Kier alpha value is -2.25. The van der Waals surface area contributed by atoms with E-state index in [0.29, 0.717) is 13.0 Å². The average molecular weight is 345 g/mol. The lowest BCUT2D eigenvalue weighted by Gasteiger charge is -2.23. The Balaban J connectivity index is 1.71. The van der Waals surface area contributed by atoms with E-state index >= 15 is 0 Å². The minimum Gasteiger partial charge on any atom is -0.480 e. The van der Waals surface area contributed by atoms with Crippen LogP contribution in [0.4, 0.5) is 0 Å². The van der Waals surface area contributed by atoms with Crippen molar-refractivity contribution in [1.82, 2.24) is 15.2 Å². The summed E-state index contributed by atoms with van der Waals surface area (Å²) in [5.74, 6) is -1.05. The van der Waals surface area contributed by atoms with Crippen molar-refractivity contribution in [3.05, 3.63) is 52.5 Å². The van der Waals surface area contributed by atoms with Crippen molar-refractivity contribution < 1.29 is 14.7 Å². The molecule has 7 heteroatoms. The normalized spacial score (nSPS) is 19.1. The van der Waals surface area contributed by atoms with Crippen molar-refractivity contribution in [2.24, 2.45) is 0 Å². The lowest BCUT2D eigenvalue weighted by molar-refractivity contribution is -0.142. The first kappa shape index (κ1) is 16.6. The SMILES string of the molecule is O=C(CN1CCC[C@H]1C(=O)O)N[C@@H](c1ccccc1)c1nccs1. The molecule has 126 valence electrons. The van der Waals surface area contributed by atoms with Crippen LogP contribution in [-0.4, -0.2) is 46.0 Å². The summed E-state index contributed by atoms with van der Waals surface area (Å²) in [4.78, 5) is 29.8. The first-order chi connectivity index (χ1) is 11.6. The molecule has 24 heavy (non-hydrogen) atoms. The van der Waals surface area contributed by atoms with E-state index in [1.54, 1.807) is 11.1 Å². The zero-order valence-corrected chi connectivity index (χ0v) is 13.9. The average Bonchev–Trinajstić information content (AvgIpc) is 3.25. The van der Waals surface area contributed by atoms with Gasteiger partial charge in [0.2, 0.25) is 5.91 Å². The van der Waals surface area contributed by atoms with Crippen LogP contribution in [-0.2, 0) is 9.59 Å². The monoisotopic (exact) mass is 345 g/mol. The van der Waals surface area contributed by atoms with Gasteiger partial charge in [-0.05, 0) is 24.9 Å². The van der Waals surface area contributed by atoms with E-state index in [1.165, 1.54) is 11.3 Å². The number of rotatable bonds is 6. The maximum Gasteiger partial charge on any atom is 0.320 e. The predicted molar refractivity (Wildman–Crippen MR) is 90.8 cm³/mol. The molecule has 1 fully saturated rings. The molecule has 0 unspecified atom stereocenters. The molecular formula is C17H19N3O3S. The van der Waals surface area contributed by atoms with Crippen LogP contribution in [0.3, 0.4) is 0 Å². The van der Waals surface area contributed by atoms with Gasteiger partial charge in [-0.15, -0.1) is 11.3 Å². The second-order valence-corrected chi connectivity index (χ2v) is 6.67. The van der Waals surface area contributed by atoms with E-state index in [1.807, 2.05) is 35.7 Å². The number of carboxylic acid groups (broad SMARTS) is 1. The van der Waals surface area contributed by atoms with Crippen molar-refractivity contribution in [3.63, 3.8) is 0 Å². The number of hydrogen-bond donors (Lipinski definition) is 2. The molecule has 0 saturated carbocycles. The van der Waals surface area contributed by atoms with Crippen molar-refractivity contribution in [1.29, 1.82) is 0 Å². The molecule has 1 aromatic heterocycles. The van der Waals surface area contributed by atoms with Crippen LogP contribution < -0.4 is 5.32 Å². The van der Waals surface area contributed by atoms with Crippen LogP contribution in [0.15, 0.2) is 41.9 Å². The number of benzene rings is 1. The molecule has 2 N–H and O–H groups in total. The molecule has 1 aliphatic heterocycles. The summed E-state index contributed by atoms with van der Waals surface area (Å²) in [6.45, 7) is 0.726. The van der Waals surface area contributed by atoms with Gasteiger partial charge in [-0.2, -0.15) is 0 Å². The highest BCUT2D eigenvalue weighted by molar-refractivity contribution is 7.09. The molecule has 0 bridgehead atoms. The standard InChI is InChI=1S/C17H19N3O3S/c21-14(11-20-9-4-7-13(20)17(22)23)19-15(16-18-8-10-24-16)12-5-2-1-3-6-12/h1-3,5-6,8,10,13,15H,4,7,9,11H2,(H,19,21)(H,22,23)/t13-,15-/m0/s1. The molecule has 1 aromatic carbocycles. The number of nitrogens with one attached hydrogen (secondary N) is 1. The minimum absolute atomic E-state index is 0.0890. The number of thiazole rings is 1. The molecule has 6 nitrogen and oxygen atoms in total. The Kier molecular flexibility index (Phi) is 5.22. The van der Waals surface area contributed by atoms with Crippen molar-refractivity contribution in [2.75, 3.05) is 13.1 Å². The van der Waals surface area contributed by atoms with Crippen LogP contribution in [0.1, 0.15) is 29.5 Å². The third-order valence-corrected chi connectivity index (χ3v) is 4.97. The van der Waals surface area contributed by atoms with Gasteiger partial charge in [0, 0.05) is 11.6 Å². The third kappa shape index (κ3) is 3.80. The Morgan fingerprint density at radius 1 is 1.38 bits per heavy atom. The lowest BCUT2D eigenvalue weighted by Crippen LogP contribution is -2.43. The molecule has 2 atom stereocenters. The molecule has 0 spiro atoms. The van der Waals surface area contributed by atoms with Gasteiger partial charge in [0.15, 0.2) is 0 Å². The Labute approximate surface area is 144 Å². The fourth-order valence-corrected chi connectivity index (χ4v) is 3.71. The summed E-state index contributed by atoms with van der Waals surface area (Å²) in [7, 11) is 0. The Bertz CT molecular complexity index is 690. The van der Waals surface area contributed by atoms with E-state index in [-0.39, 0.29) is 18.5 Å². The number of nitrogens with zero attached hydrogens (tertiary/aromatic N) is 2. The maximum atomic E-state index is 12.5. The summed E-state index contributed by atoms with van der Waals surface area (Å²) >= 11 is 1.48. The fourth-order valence-electron chi connectivity index (χ4n) is 3.00. The van der Waals surface area contributed by atoms with Crippen molar-refractivity contribution in [3.8, 4) is 0 Å². The van der Waals surface area contributed by atoms with Crippen molar-refractivity contribution >= 4 is 23.2 Å². The molecular weight excluding hydrogens is 326 g/mol. The summed E-state index contributed by atoms with van der Waals surface area (Å²) in [5.41, 5.74) is 0.956. The minimum atomic E-state index is -0.861. The second-order valence-electron chi connectivity index (χ2n) is 5.75. The zero-order valence-electron chi connectivity index (χ0n) is 13.1. The topological polar surface area (TPSA) is 82.5 Å². The Morgan fingerprint density at radius 2 is 2.17 bits per heavy atom. The van der Waals surface area contributed by atoms with E-state index in [2.05, 4.69) is 10.3 Å². The Morgan fingerprint density at radius 3 is 2.83 bits per heavy atom. The van der Waals surface area contributed by atoms with Crippen LogP contribution in [0, 0.1) is 0 Å². The molecule has 0 radical (unpaired) electrons. The van der Waals surface area contributed by atoms with Crippen LogP contribution in [0.5, 0.6) is 0 Å². The van der Waals surface area contributed by atoms with E-state index < -0.39 is 12.0 Å². The highest BCUT2D eigenvalue weighted by atomic mass is 32.1. The fraction of sp³-hybridized carbons (Fsp3) is 0.353. The number of hydrogen-bond acceptors (Lipinski definition) is 5. The first-order valence-electron chi connectivity index (χ1n) is 7.85. The highest BCUT2D eigenvalue weighted by Gasteiger charge is 2.32. The van der Waals surface area contributed by atoms with Gasteiger partial charge >= 0.3 is 5.97 Å². The molecule has 2 heterocycles. The summed E-state index contributed by atoms with van der Waals surface area (Å²) < 4.78 is 0.